The molecule has 0 spiro atoms. The average Bonchev–Trinajstić information content (AvgIpc) is 3.30. The summed E-state index contributed by atoms with van der Waals surface area (Å²) in [6, 6.07) is 8.04. The van der Waals surface area contributed by atoms with Crippen LogP contribution in [0.3, 0.4) is 0 Å². The van der Waals surface area contributed by atoms with Gasteiger partial charge in [0.2, 0.25) is 5.16 Å². The molecule has 0 fully saturated rings. The van der Waals surface area contributed by atoms with Crippen molar-refractivity contribution in [1.29, 1.82) is 0 Å². The van der Waals surface area contributed by atoms with Crippen LogP contribution in [-0.2, 0) is 11.2 Å². The number of carbonyl (C=O) groups is 2. The van der Waals surface area contributed by atoms with Crippen LogP contribution in [0.2, 0.25) is 0 Å². The molecule has 0 radical (unpaired) electrons. The summed E-state index contributed by atoms with van der Waals surface area (Å²) < 4.78 is 5.74. The highest BCUT2D eigenvalue weighted by Crippen LogP contribution is 2.30. The monoisotopic (exact) mass is 399 g/mol. The van der Waals surface area contributed by atoms with Crippen LogP contribution >= 0.6 is 11.8 Å². The first-order valence-electron chi connectivity index (χ1n) is 8.35. The van der Waals surface area contributed by atoms with E-state index in [1.807, 2.05) is 13.8 Å². The van der Waals surface area contributed by atoms with E-state index in [0.29, 0.717) is 34.5 Å². The SMILES string of the molecule is CCc1nc(S/C(=C/c2ccc(-c3cc(C(=O)O)ccc3C)o2)C(=O)O)n[nH]1. The molecule has 0 aliphatic carbocycles. The quantitative estimate of drug-likeness (QED) is 0.403. The predicted molar refractivity (Wildman–Crippen MR) is 103 cm³/mol. The lowest BCUT2D eigenvalue weighted by Gasteiger charge is -2.04. The molecule has 2 heterocycles. The maximum Gasteiger partial charge on any atom is 0.342 e. The van der Waals surface area contributed by atoms with Gasteiger partial charge in [0.1, 0.15) is 22.3 Å². The highest BCUT2D eigenvalue weighted by atomic mass is 32.2. The lowest BCUT2D eigenvalue weighted by Crippen LogP contribution is -1.97. The maximum atomic E-state index is 11.6. The molecule has 144 valence electrons. The van der Waals surface area contributed by atoms with E-state index in [1.54, 1.807) is 18.2 Å². The number of benzene rings is 1. The molecule has 9 heteroatoms. The molecule has 3 rings (SSSR count). The van der Waals surface area contributed by atoms with E-state index in [0.717, 1.165) is 17.3 Å². The number of aromatic carboxylic acids is 1. The Morgan fingerprint density at radius 2 is 2.04 bits per heavy atom. The number of aromatic amines is 1. The number of carboxylic acids is 2. The third-order valence-corrected chi connectivity index (χ3v) is 4.79. The normalized spacial score (nSPS) is 11.6. The summed E-state index contributed by atoms with van der Waals surface area (Å²) in [7, 11) is 0. The van der Waals surface area contributed by atoms with Gasteiger partial charge in [-0.15, -0.1) is 5.10 Å². The van der Waals surface area contributed by atoms with Gasteiger partial charge >= 0.3 is 11.9 Å². The molecule has 2 aromatic heterocycles. The molecule has 0 amide bonds. The molecule has 0 unspecified atom stereocenters. The first kappa shape index (κ1) is 19.4. The van der Waals surface area contributed by atoms with E-state index in [-0.39, 0.29) is 10.5 Å². The molecular weight excluding hydrogens is 382 g/mol. The predicted octanol–water partition coefficient (Wildman–Crippen LogP) is 3.85. The summed E-state index contributed by atoms with van der Waals surface area (Å²) in [6.45, 7) is 3.75. The fourth-order valence-electron chi connectivity index (χ4n) is 2.44. The first-order chi connectivity index (χ1) is 13.4. The van der Waals surface area contributed by atoms with Crippen LogP contribution in [-0.4, -0.2) is 37.3 Å². The summed E-state index contributed by atoms with van der Waals surface area (Å²) >= 11 is 0.913. The third-order valence-electron chi connectivity index (χ3n) is 3.91. The van der Waals surface area contributed by atoms with Crippen LogP contribution in [0.15, 0.2) is 44.8 Å². The van der Waals surface area contributed by atoms with Gasteiger partial charge in [0, 0.05) is 18.1 Å². The lowest BCUT2D eigenvalue weighted by molar-refractivity contribution is -0.131. The largest absolute Gasteiger partial charge is 0.478 e. The molecule has 3 aromatic rings. The van der Waals surface area contributed by atoms with Crippen molar-refractivity contribution in [2.75, 3.05) is 0 Å². The molecule has 0 saturated carbocycles. The number of aromatic nitrogens is 3. The number of nitrogens with zero attached hydrogens (tertiary/aromatic N) is 2. The van der Waals surface area contributed by atoms with Crippen molar-refractivity contribution in [3.05, 3.63) is 57.9 Å². The van der Waals surface area contributed by atoms with Crippen molar-refractivity contribution in [1.82, 2.24) is 15.2 Å². The Labute approximate surface area is 164 Å². The highest BCUT2D eigenvalue weighted by molar-refractivity contribution is 8.04. The number of furan rings is 1. The number of hydrogen-bond acceptors (Lipinski definition) is 6. The fraction of sp³-hybridized carbons (Fsp3) is 0.158. The maximum absolute atomic E-state index is 11.6. The van der Waals surface area contributed by atoms with Crippen LogP contribution in [0.1, 0.15) is 34.4 Å². The molecule has 0 atom stereocenters. The molecule has 28 heavy (non-hydrogen) atoms. The van der Waals surface area contributed by atoms with Crippen LogP contribution in [0.5, 0.6) is 0 Å². The van der Waals surface area contributed by atoms with Crippen LogP contribution in [0.25, 0.3) is 17.4 Å². The minimum atomic E-state index is -1.13. The Bertz CT molecular complexity index is 1070. The van der Waals surface area contributed by atoms with Crippen LogP contribution in [0, 0.1) is 6.92 Å². The molecule has 0 aliphatic rings. The van der Waals surface area contributed by atoms with Gasteiger partial charge in [-0.3, -0.25) is 5.10 Å². The molecule has 0 saturated heterocycles. The number of rotatable bonds is 7. The van der Waals surface area contributed by atoms with E-state index < -0.39 is 11.9 Å². The number of nitrogens with one attached hydrogen (secondary N) is 1. The topological polar surface area (TPSA) is 129 Å². The van der Waals surface area contributed by atoms with Gasteiger partial charge in [0.05, 0.1) is 5.56 Å². The van der Waals surface area contributed by atoms with E-state index in [9.17, 15) is 14.7 Å². The van der Waals surface area contributed by atoms with Gasteiger partial charge in [0.15, 0.2) is 0 Å². The second-order valence-electron chi connectivity index (χ2n) is 5.87. The molecule has 3 N–H and O–H groups in total. The minimum absolute atomic E-state index is 0.00133. The van der Waals surface area contributed by atoms with Gasteiger partial charge in [-0.05, 0) is 48.5 Å². The number of aliphatic carboxylic acids is 1. The van der Waals surface area contributed by atoms with Gasteiger partial charge in [-0.2, -0.15) is 0 Å². The summed E-state index contributed by atoms with van der Waals surface area (Å²) in [4.78, 5) is 27.0. The van der Waals surface area contributed by atoms with Gasteiger partial charge in [-0.25, -0.2) is 14.6 Å². The van der Waals surface area contributed by atoms with E-state index >= 15 is 0 Å². The number of carboxylic acid groups (broad SMARTS) is 2. The molecule has 1 aromatic carbocycles. The molecule has 0 aliphatic heterocycles. The Morgan fingerprint density at radius 1 is 1.25 bits per heavy atom. The van der Waals surface area contributed by atoms with Crippen molar-refractivity contribution < 1.29 is 24.2 Å². The molecule has 0 bridgehead atoms. The van der Waals surface area contributed by atoms with Crippen molar-refractivity contribution in [3.8, 4) is 11.3 Å². The summed E-state index contributed by atoms with van der Waals surface area (Å²) in [5.41, 5.74) is 1.62. The van der Waals surface area contributed by atoms with E-state index in [4.69, 9.17) is 9.52 Å². The smallest absolute Gasteiger partial charge is 0.342 e. The van der Waals surface area contributed by atoms with Gasteiger partial charge < -0.3 is 14.6 Å². The fourth-order valence-corrected chi connectivity index (χ4v) is 3.15. The standard InChI is InChI=1S/C19H17N3O5S/c1-3-16-20-19(22-21-16)28-15(18(25)26)9-12-6-7-14(27-12)13-8-11(17(23)24)5-4-10(13)2/h4-9H,3H2,1-2H3,(H,23,24)(H,25,26)(H,20,21,22)/b15-9+. The zero-order chi connectivity index (χ0) is 20.3. The lowest BCUT2D eigenvalue weighted by atomic mass is 10.0. The Hall–Kier alpha value is -3.33. The third kappa shape index (κ3) is 4.32. The average molecular weight is 399 g/mol. The highest BCUT2D eigenvalue weighted by Gasteiger charge is 2.16. The van der Waals surface area contributed by atoms with Gasteiger partial charge in [0.25, 0.3) is 0 Å². The van der Waals surface area contributed by atoms with Crippen molar-refractivity contribution in [2.24, 2.45) is 0 Å². The first-order valence-corrected chi connectivity index (χ1v) is 9.17. The number of aryl methyl sites for hydroxylation is 2. The van der Waals surface area contributed by atoms with Crippen molar-refractivity contribution >= 4 is 29.8 Å². The zero-order valence-corrected chi connectivity index (χ0v) is 15.9. The van der Waals surface area contributed by atoms with E-state index in [1.165, 1.54) is 18.2 Å². The molecule has 8 nitrogen and oxygen atoms in total. The summed E-state index contributed by atoms with van der Waals surface area (Å²) in [6.07, 6.45) is 2.05. The van der Waals surface area contributed by atoms with Gasteiger partial charge in [-0.1, -0.05) is 13.0 Å². The summed E-state index contributed by atoms with van der Waals surface area (Å²) in [5, 5.41) is 25.7. The second kappa shape index (κ2) is 8.13. The number of hydrogen-bond donors (Lipinski definition) is 3. The van der Waals surface area contributed by atoms with Crippen LogP contribution in [0.4, 0.5) is 0 Å². The summed E-state index contributed by atoms with van der Waals surface area (Å²) in [5.74, 6) is -0.717. The van der Waals surface area contributed by atoms with Crippen LogP contribution < -0.4 is 0 Å². The Balaban J connectivity index is 1.90. The van der Waals surface area contributed by atoms with E-state index in [2.05, 4.69) is 15.2 Å². The second-order valence-corrected chi connectivity index (χ2v) is 6.88. The Kier molecular flexibility index (Phi) is 5.65. The Morgan fingerprint density at radius 3 is 2.68 bits per heavy atom. The van der Waals surface area contributed by atoms with Crippen molar-refractivity contribution in [2.45, 2.75) is 25.4 Å². The molecular formula is C19H17N3O5S. The van der Waals surface area contributed by atoms with Crippen molar-refractivity contribution in [3.63, 3.8) is 0 Å². The minimum Gasteiger partial charge on any atom is -0.478 e. The zero-order valence-electron chi connectivity index (χ0n) is 15.1. The number of thioether (sulfide) groups is 1. The number of H-pyrrole nitrogens is 1.